The lowest BCUT2D eigenvalue weighted by molar-refractivity contribution is 1.18. The molecule has 72 heavy (non-hydrogen) atoms. The molecular weight excluding hydrogens is 871 g/mol. The fourth-order valence-corrected chi connectivity index (χ4v) is 9.48. The molecule has 0 unspecified atom stereocenters. The summed E-state index contributed by atoms with van der Waals surface area (Å²) in [6.45, 7) is 0. The number of rotatable bonds is 11. The summed E-state index contributed by atoms with van der Waals surface area (Å²) in [6, 6.07) is 101. The highest BCUT2D eigenvalue weighted by atomic mass is 14.9. The molecule has 0 aliphatic heterocycles. The van der Waals surface area contributed by atoms with E-state index in [1.165, 1.54) is 22.3 Å². The zero-order valence-electron chi connectivity index (χ0n) is 39.5. The molecule has 0 spiro atoms. The Labute approximate surface area is 421 Å². The third-order valence-electron chi connectivity index (χ3n) is 13.3. The lowest BCUT2D eigenvalue weighted by Crippen LogP contribution is -1.95. The van der Waals surface area contributed by atoms with Gasteiger partial charge in [-0.1, -0.05) is 231 Å². The minimum Gasteiger partial charge on any atom is -0.248 e. The summed E-state index contributed by atoms with van der Waals surface area (Å²) in [7, 11) is 0. The number of hydrogen-bond donors (Lipinski definition) is 0. The van der Waals surface area contributed by atoms with Crippen molar-refractivity contribution in [3.8, 4) is 123 Å². The molecule has 10 aromatic carbocycles. The van der Waals surface area contributed by atoms with E-state index in [1.54, 1.807) is 0 Å². The Morgan fingerprint density at radius 2 is 0.347 bits per heavy atom. The second-order valence-electron chi connectivity index (χ2n) is 18.0. The van der Waals surface area contributed by atoms with Crippen molar-refractivity contribution >= 4 is 0 Å². The number of hydrogen-bond acceptors (Lipinski definition) is 3. The lowest BCUT2D eigenvalue weighted by Gasteiger charge is -2.15. The van der Waals surface area contributed by atoms with E-state index in [0.717, 1.165) is 95.1 Å². The van der Waals surface area contributed by atoms with Gasteiger partial charge in [0.25, 0.3) is 0 Å². The molecule has 0 saturated heterocycles. The van der Waals surface area contributed by atoms with E-state index < -0.39 is 0 Å². The van der Waals surface area contributed by atoms with E-state index in [1.807, 2.05) is 36.4 Å². The van der Waals surface area contributed by atoms with E-state index >= 15 is 0 Å². The van der Waals surface area contributed by atoms with Crippen LogP contribution in [0, 0.1) is 0 Å². The Hall–Kier alpha value is -9.57. The van der Waals surface area contributed by atoms with Crippen LogP contribution in [0.25, 0.3) is 123 Å². The van der Waals surface area contributed by atoms with Gasteiger partial charge in [0.2, 0.25) is 0 Å². The van der Waals surface area contributed by atoms with Crippen molar-refractivity contribution in [2.75, 3.05) is 0 Å². The molecule has 338 valence electrons. The molecular formula is C69H47N3. The Morgan fingerprint density at radius 3 is 0.667 bits per heavy atom. The van der Waals surface area contributed by atoms with Crippen LogP contribution >= 0.6 is 0 Å². The Bertz CT molecular complexity index is 3420. The maximum atomic E-state index is 5.14. The molecule has 0 aliphatic carbocycles. The second-order valence-corrected chi connectivity index (χ2v) is 18.0. The number of pyridine rings is 1. The van der Waals surface area contributed by atoms with Crippen LogP contribution in [0.3, 0.4) is 0 Å². The first kappa shape index (κ1) is 43.7. The van der Waals surface area contributed by atoms with Gasteiger partial charge in [0.1, 0.15) is 0 Å². The molecule has 0 aliphatic rings. The molecule has 0 atom stereocenters. The molecule has 0 saturated carbocycles. The standard InChI is InChI=1S/C69H47N3/c1-7-19-48(20-8-1)58-39-59(49-21-9-2-10-22-49)42-62(41-58)63-43-60(50-31-33-52(34-32-50)64-45-65(53-23-11-3-12-24-53)70-66(46-64)54-25-13-4-14-26-54)40-61(44-63)51-35-37-56(38-36-51)68-47-67(55-27-15-5-16-28-55)71-69(72-68)57-29-17-6-18-30-57/h1-47H. The van der Waals surface area contributed by atoms with E-state index in [9.17, 15) is 0 Å². The normalized spacial score (nSPS) is 11.1. The Kier molecular flexibility index (Phi) is 12.0. The largest absolute Gasteiger partial charge is 0.248 e. The number of nitrogens with zero attached hydrogens (tertiary/aromatic N) is 3. The fraction of sp³-hybridized carbons (Fsp3) is 0. The maximum absolute atomic E-state index is 5.14. The summed E-state index contributed by atoms with van der Waals surface area (Å²) in [6.07, 6.45) is 0. The van der Waals surface area contributed by atoms with E-state index in [2.05, 4.69) is 249 Å². The summed E-state index contributed by atoms with van der Waals surface area (Å²) in [4.78, 5) is 15.3. The van der Waals surface area contributed by atoms with Gasteiger partial charge in [-0.2, -0.15) is 0 Å². The molecule has 0 N–H and O–H groups in total. The fourth-order valence-electron chi connectivity index (χ4n) is 9.48. The van der Waals surface area contributed by atoms with Crippen LogP contribution < -0.4 is 0 Å². The van der Waals surface area contributed by atoms with E-state index in [0.29, 0.717) is 5.82 Å². The minimum atomic E-state index is 0.698. The molecule has 0 bridgehead atoms. The van der Waals surface area contributed by atoms with Crippen LogP contribution in [-0.4, -0.2) is 15.0 Å². The van der Waals surface area contributed by atoms with Gasteiger partial charge in [0, 0.05) is 27.8 Å². The SMILES string of the molecule is c1ccc(-c2cc(-c3ccccc3)cc(-c3cc(-c4ccc(-c5cc(-c6ccccc6)nc(-c6ccccc6)c5)cc4)cc(-c4ccc(-c5cc(-c6ccccc6)nc(-c6ccccc6)n5)cc4)c3)c2)cc1. The van der Waals surface area contributed by atoms with Gasteiger partial charge in [-0.15, -0.1) is 0 Å². The molecule has 0 amide bonds. The predicted molar refractivity (Wildman–Crippen MR) is 300 cm³/mol. The second kappa shape index (κ2) is 19.8. The molecule has 3 nitrogen and oxygen atoms in total. The van der Waals surface area contributed by atoms with Gasteiger partial charge >= 0.3 is 0 Å². The third-order valence-corrected chi connectivity index (χ3v) is 13.3. The van der Waals surface area contributed by atoms with Crippen molar-refractivity contribution in [3.63, 3.8) is 0 Å². The van der Waals surface area contributed by atoms with Crippen LogP contribution in [0.2, 0.25) is 0 Å². The highest BCUT2D eigenvalue weighted by molar-refractivity contribution is 5.87. The molecule has 2 heterocycles. The van der Waals surface area contributed by atoms with Gasteiger partial charge in [0.15, 0.2) is 5.82 Å². The van der Waals surface area contributed by atoms with Crippen molar-refractivity contribution in [2.24, 2.45) is 0 Å². The summed E-state index contributed by atoms with van der Waals surface area (Å²) < 4.78 is 0. The van der Waals surface area contributed by atoms with Crippen LogP contribution in [-0.2, 0) is 0 Å². The van der Waals surface area contributed by atoms with Crippen LogP contribution in [0.4, 0.5) is 0 Å². The van der Waals surface area contributed by atoms with Crippen LogP contribution in [0.5, 0.6) is 0 Å². The van der Waals surface area contributed by atoms with Gasteiger partial charge in [-0.25, -0.2) is 15.0 Å². The Morgan fingerprint density at radius 1 is 0.139 bits per heavy atom. The maximum Gasteiger partial charge on any atom is 0.160 e. The average molecular weight is 918 g/mol. The van der Waals surface area contributed by atoms with Crippen molar-refractivity contribution in [2.45, 2.75) is 0 Å². The highest BCUT2D eigenvalue weighted by Gasteiger charge is 2.15. The van der Waals surface area contributed by atoms with E-state index in [-0.39, 0.29) is 0 Å². The Balaban J connectivity index is 0.975. The summed E-state index contributed by atoms with van der Waals surface area (Å²) >= 11 is 0. The summed E-state index contributed by atoms with van der Waals surface area (Å²) in [5.41, 5.74) is 22.6. The summed E-state index contributed by atoms with van der Waals surface area (Å²) in [5.74, 6) is 0.698. The molecule has 2 aromatic heterocycles. The minimum absolute atomic E-state index is 0.698. The van der Waals surface area contributed by atoms with Crippen molar-refractivity contribution in [1.29, 1.82) is 0 Å². The van der Waals surface area contributed by atoms with Crippen LogP contribution in [0.1, 0.15) is 0 Å². The van der Waals surface area contributed by atoms with Gasteiger partial charge in [-0.05, 0) is 121 Å². The van der Waals surface area contributed by atoms with Crippen molar-refractivity contribution in [3.05, 3.63) is 285 Å². The monoisotopic (exact) mass is 917 g/mol. The van der Waals surface area contributed by atoms with Gasteiger partial charge in [-0.3, -0.25) is 0 Å². The lowest BCUT2D eigenvalue weighted by atomic mass is 9.89. The highest BCUT2D eigenvalue weighted by Crippen LogP contribution is 2.39. The third kappa shape index (κ3) is 9.43. The predicted octanol–water partition coefficient (Wildman–Crippen LogP) is 18.2. The summed E-state index contributed by atoms with van der Waals surface area (Å²) in [5, 5.41) is 0. The van der Waals surface area contributed by atoms with Gasteiger partial charge in [0.05, 0.1) is 22.8 Å². The molecule has 12 aromatic rings. The molecule has 0 fully saturated rings. The topological polar surface area (TPSA) is 38.7 Å². The first-order valence-electron chi connectivity index (χ1n) is 24.4. The smallest absolute Gasteiger partial charge is 0.160 e. The number of aromatic nitrogens is 3. The number of benzene rings is 10. The zero-order valence-corrected chi connectivity index (χ0v) is 39.5. The molecule has 0 radical (unpaired) electrons. The van der Waals surface area contributed by atoms with Crippen molar-refractivity contribution < 1.29 is 0 Å². The van der Waals surface area contributed by atoms with Crippen LogP contribution in [0.15, 0.2) is 285 Å². The van der Waals surface area contributed by atoms with Crippen molar-refractivity contribution in [1.82, 2.24) is 15.0 Å². The first-order chi connectivity index (χ1) is 35.6. The van der Waals surface area contributed by atoms with E-state index in [4.69, 9.17) is 15.0 Å². The molecule has 3 heteroatoms. The van der Waals surface area contributed by atoms with Gasteiger partial charge < -0.3 is 0 Å². The molecule has 12 rings (SSSR count). The average Bonchev–Trinajstić information content (AvgIpc) is 3.48. The zero-order chi connectivity index (χ0) is 48.1. The first-order valence-corrected chi connectivity index (χ1v) is 24.4. The quantitative estimate of drug-likeness (QED) is 0.130.